The molecule has 3 aromatic heterocycles. The molecule has 0 amide bonds. The highest BCUT2D eigenvalue weighted by atomic mass is 32.2. The fourth-order valence-electron chi connectivity index (χ4n) is 2.50. The summed E-state index contributed by atoms with van der Waals surface area (Å²) in [7, 11) is -9.70. The molecule has 0 atom stereocenters. The first kappa shape index (κ1) is 23.8. The van der Waals surface area contributed by atoms with Crippen LogP contribution in [0.25, 0.3) is 17.0 Å². The van der Waals surface area contributed by atoms with Crippen molar-refractivity contribution < 1.29 is 43.5 Å². The number of imidazole rings is 1. The molecule has 16 heteroatoms. The highest BCUT2D eigenvalue weighted by Gasteiger charge is 2.48. The fourth-order valence-corrected chi connectivity index (χ4v) is 4.25. The van der Waals surface area contributed by atoms with Crippen molar-refractivity contribution in [3.05, 3.63) is 30.9 Å². The van der Waals surface area contributed by atoms with Crippen LogP contribution in [0.4, 0.5) is 22.0 Å². The molecule has 0 fully saturated rings. The lowest BCUT2D eigenvalue weighted by atomic mass is 10.3. The molecule has 0 aromatic carbocycles. The van der Waals surface area contributed by atoms with Gasteiger partial charge in [-0.3, -0.25) is 4.40 Å². The number of pyridine rings is 1. The van der Waals surface area contributed by atoms with Gasteiger partial charge in [0.05, 0.1) is 16.8 Å². The Kier molecular flexibility index (Phi) is 6.12. The molecule has 3 aromatic rings. The smallest absolute Gasteiger partial charge is 0.486 e. The van der Waals surface area contributed by atoms with Crippen molar-refractivity contribution in [2.24, 2.45) is 0 Å². The second-order valence-electron chi connectivity index (χ2n) is 6.19. The van der Waals surface area contributed by atoms with Gasteiger partial charge < -0.3 is 4.74 Å². The molecule has 32 heavy (non-hydrogen) atoms. The van der Waals surface area contributed by atoms with Crippen molar-refractivity contribution in [3.8, 4) is 17.1 Å². The van der Waals surface area contributed by atoms with Gasteiger partial charge in [-0.15, -0.1) is 0 Å². The van der Waals surface area contributed by atoms with Crippen LogP contribution in [0.5, 0.6) is 5.75 Å². The third-order valence-electron chi connectivity index (χ3n) is 4.06. The molecule has 0 aliphatic carbocycles. The summed E-state index contributed by atoms with van der Waals surface area (Å²) >= 11 is 0. The number of nitrogens with zero attached hydrogens (tertiary/aromatic N) is 4. The Bertz CT molecular complexity index is 1370. The number of rotatable bonds is 7. The summed E-state index contributed by atoms with van der Waals surface area (Å²) in [6, 6.07) is 1.55. The van der Waals surface area contributed by atoms with E-state index in [1.165, 1.54) is 13.1 Å². The molecule has 0 radical (unpaired) electrons. The van der Waals surface area contributed by atoms with E-state index < -0.39 is 48.1 Å². The minimum absolute atomic E-state index is 0.138. The molecule has 3 heterocycles. The molecular formula is C16H13F5N4O5S2. The van der Waals surface area contributed by atoms with Gasteiger partial charge in [0.25, 0.3) is 16.3 Å². The van der Waals surface area contributed by atoms with Crippen molar-refractivity contribution in [3.63, 3.8) is 0 Å². The number of alkyl halides is 5. The molecule has 0 aliphatic heterocycles. The zero-order chi connectivity index (χ0) is 23.9. The standard InChI is InChI=1S/C16H13F5N4O5S2/c1-2-31(26,27)11-3-9(30-7-12(17)18)5-22-15(11)10-6-25-8-23-14(4-13(25)24-10)32(28,29)16(19,20)21/h3-6,8,12H,2,7H2,1H3. The van der Waals surface area contributed by atoms with Gasteiger partial charge in [-0.05, 0) is 0 Å². The van der Waals surface area contributed by atoms with Crippen molar-refractivity contribution in [1.29, 1.82) is 0 Å². The third-order valence-corrected chi connectivity index (χ3v) is 7.19. The predicted octanol–water partition coefficient (Wildman–Crippen LogP) is 2.52. The van der Waals surface area contributed by atoms with E-state index in [2.05, 4.69) is 15.0 Å². The van der Waals surface area contributed by atoms with E-state index in [0.717, 1.165) is 23.0 Å². The third kappa shape index (κ3) is 4.50. The van der Waals surface area contributed by atoms with Crippen LogP contribution in [-0.4, -0.2) is 60.5 Å². The minimum Gasteiger partial charge on any atom is -0.486 e. The molecule has 0 unspecified atom stereocenters. The first-order chi connectivity index (χ1) is 14.8. The summed E-state index contributed by atoms with van der Waals surface area (Å²) in [6.07, 6.45) is 0.101. The number of hydrogen-bond acceptors (Lipinski definition) is 8. The first-order valence-electron chi connectivity index (χ1n) is 8.56. The quantitative estimate of drug-likeness (QED) is 0.359. The van der Waals surface area contributed by atoms with Crippen molar-refractivity contribution in [2.75, 3.05) is 12.4 Å². The van der Waals surface area contributed by atoms with Crippen molar-refractivity contribution in [2.45, 2.75) is 28.8 Å². The Morgan fingerprint density at radius 2 is 1.81 bits per heavy atom. The van der Waals surface area contributed by atoms with Crippen LogP contribution in [0.2, 0.25) is 0 Å². The Labute approximate surface area is 177 Å². The van der Waals surface area contributed by atoms with Gasteiger partial charge in [0, 0.05) is 18.3 Å². The summed E-state index contributed by atoms with van der Waals surface area (Å²) in [4.78, 5) is 10.7. The fraction of sp³-hybridized carbons (Fsp3) is 0.312. The van der Waals surface area contributed by atoms with E-state index in [0.29, 0.717) is 6.07 Å². The number of halogens is 5. The van der Waals surface area contributed by atoms with E-state index in [4.69, 9.17) is 4.74 Å². The van der Waals surface area contributed by atoms with Gasteiger partial charge in [-0.25, -0.2) is 40.6 Å². The average molecular weight is 500 g/mol. The van der Waals surface area contributed by atoms with E-state index in [-0.39, 0.29) is 28.5 Å². The molecule has 0 N–H and O–H groups in total. The average Bonchev–Trinajstić information content (AvgIpc) is 3.14. The number of ether oxygens (including phenoxy) is 1. The highest BCUT2D eigenvalue weighted by molar-refractivity contribution is 7.92. The number of sulfone groups is 2. The van der Waals surface area contributed by atoms with Crippen molar-refractivity contribution >= 4 is 25.3 Å². The number of fused-ring (bicyclic) bond motifs is 1. The van der Waals surface area contributed by atoms with E-state index in [1.54, 1.807) is 0 Å². The number of hydrogen-bond donors (Lipinski definition) is 0. The summed E-state index contributed by atoms with van der Waals surface area (Å²) in [5.41, 5.74) is -6.23. The van der Waals surface area contributed by atoms with Gasteiger partial charge in [0.2, 0.25) is 0 Å². The molecule has 9 nitrogen and oxygen atoms in total. The van der Waals surface area contributed by atoms with Gasteiger partial charge in [-0.1, -0.05) is 6.92 Å². The lowest BCUT2D eigenvalue weighted by Gasteiger charge is -2.10. The molecule has 0 spiro atoms. The van der Waals surface area contributed by atoms with Crippen LogP contribution in [0.3, 0.4) is 0 Å². The van der Waals surface area contributed by atoms with Crippen molar-refractivity contribution in [1.82, 2.24) is 19.4 Å². The summed E-state index contributed by atoms with van der Waals surface area (Å²) in [6.45, 7) is 0.330. The second kappa shape index (κ2) is 8.23. The normalized spacial score (nSPS) is 13.1. The Morgan fingerprint density at radius 1 is 1.12 bits per heavy atom. The minimum atomic E-state index is -5.73. The summed E-state index contributed by atoms with van der Waals surface area (Å²) < 4.78 is 117. The Balaban J connectivity index is 2.13. The van der Waals surface area contributed by atoms with E-state index in [1.807, 2.05) is 0 Å². The lowest BCUT2D eigenvalue weighted by Crippen LogP contribution is -2.24. The topological polar surface area (TPSA) is 121 Å². The SMILES string of the molecule is CCS(=O)(=O)c1cc(OCC(F)F)cnc1-c1cn2cnc(S(=O)(=O)C(F)(F)F)cc2n1. The van der Waals surface area contributed by atoms with Gasteiger partial charge in [0.15, 0.2) is 14.9 Å². The molecule has 174 valence electrons. The number of aromatic nitrogens is 4. The second-order valence-corrected chi connectivity index (χ2v) is 10.3. The molecule has 0 saturated heterocycles. The predicted molar refractivity (Wildman–Crippen MR) is 98.7 cm³/mol. The van der Waals surface area contributed by atoms with Crippen LogP contribution >= 0.6 is 0 Å². The van der Waals surface area contributed by atoms with Crippen LogP contribution in [0.15, 0.2) is 40.8 Å². The van der Waals surface area contributed by atoms with Gasteiger partial charge in [-0.2, -0.15) is 13.2 Å². The maximum atomic E-state index is 12.8. The van der Waals surface area contributed by atoms with Crippen LogP contribution in [-0.2, 0) is 19.7 Å². The molecule has 0 saturated carbocycles. The summed E-state index contributed by atoms with van der Waals surface area (Å²) in [5, 5.41) is -1.29. The van der Waals surface area contributed by atoms with Crippen LogP contribution in [0.1, 0.15) is 6.92 Å². The monoisotopic (exact) mass is 500 g/mol. The highest BCUT2D eigenvalue weighted by Crippen LogP contribution is 2.31. The first-order valence-corrected chi connectivity index (χ1v) is 11.7. The maximum Gasteiger partial charge on any atom is 0.503 e. The molecule has 3 rings (SSSR count). The maximum absolute atomic E-state index is 12.8. The van der Waals surface area contributed by atoms with Gasteiger partial charge >= 0.3 is 5.51 Å². The zero-order valence-electron chi connectivity index (χ0n) is 15.9. The van der Waals surface area contributed by atoms with Crippen LogP contribution in [0, 0.1) is 0 Å². The van der Waals surface area contributed by atoms with E-state index in [9.17, 15) is 38.8 Å². The Morgan fingerprint density at radius 3 is 2.41 bits per heavy atom. The molecule has 0 aliphatic rings. The summed E-state index contributed by atoms with van der Waals surface area (Å²) in [5.74, 6) is -0.631. The van der Waals surface area contributed by atoms with Gasteiger partial charge in [0.1, 0.15) is 35.7 Å². The zero-order valence-corrected chi connectivity index (χ0v) is 17.5. The van der Waals surface area contributed by atoms with E-state index >= 15 is 0 Å². The Hall–Kier alpha value is -2.88. The largest absolute Gasteiger partial charge is 0.503 e. The molecular weight excluding hydrogens is 487 g/mol. The lowest BCUT2D eigenvalue weighted by molar-refractivity contribution is -0.0438. The van der Waals surface area contributed by atoms with Crippen LogP contribution < -0.4 is 4.74 Å². The molecule has 0 bridgehead atoms.